The zero-order valence-electron chi connectivity index (χ0n) is 14.6. The molecule has 140 valence electrons. The maximum Gasteiger partial charge on any atom is 0.269 e. The van der Waals surface area contributed by atoms with Crippen molar-refractivity contribution in [2.45, 2.75) is 11.8 Å². The fourth-order valence-electron chi connectivity index (χ4n) is 2.68. The number of para-hydroxylation sites is 1. The van der Waals surface area contributed by atoms with Crippen LogP contribution in [-0.2, 0) is 14.8 Å². The van der Waals surface area contributed by atoms with Crippen molar-refractivity contribution < 1.29 is 17.7 Å². The highest BCUT2D eigenvalue weighted by Gasteiger charge is 2.30. The van der Waals surface area contributed by atoms with E-state index < -0.39 is 10.0 Å². The van der Waals surface area contributed by atoms with Crippen molar-refractivity contribution >= 4 is 33.4 Å². The minimum atomic E-state index is -3.89. The van der Waals surface area contributed by atoms with E-state index in [0.29, 0.717) is 23.9 Å². The summed E-state index contributed by atoms with van der Waals surface area (Å²) in [5.74, 6) is 0.227. The third kappa shape index (κ3) is 3.72. The molecular formula is C17H20ClN3O4S. The normalized spacial score (nSPS) is 15.6. The maximum atomic E-state index is 13.1. The molecule has 1 fully saturated rings. The van der Waals surface area contributed by atoms with E-state index in [2.05, 4.69) is 5.16 Å². The molecule has 0 radical (unpaired) electrons. The number of halogens is 1. The summed E-state index contributed by atoms with van der Waals surface area (Å²) < 4.78 is 37.9. The second-order valence-electron chi connectivity index (χ2n) is 5.84. The van der Waals surface area contributed by atoms with Crippen LogP contribution in [0.15, 0.2) is 39.9 Å². The van der Waals surface area contributed by atoms with E-state index in [4.69, 9.17) is 20.9 Å². The van der Waals surface area contributed by atoms with Crippen LogP contribution in [0.25, 0.3) is 6.08 Å². The van der Waals surface area contributed by atoms with E-state index in [-0.39, 0.29) is 16.3 Å². The quantitative estimate of drug-likeness (QED) is 0.772. The number of nitrogens with zero attached hydrogens (tertiary/aromatic N) is 3. The van der Waals surface area contributed by atoms with E-state index in [9.17, 15) is 8.42 Å². The smallest absolute Gasteiger partial charge is 0.269 e. The summed E-state index contributed by atoms with van der Waals surface area (Å²) in [7, 11) is -2.43. The molecule has 0 spiro atoms. The molecule has 3 rings (SSSR count). The van der Waals surface area contributed by atoms with Crippen LogP contribution in [0.2, 0.25) is 5.02 Å². The molecule has 1 aliphatic heterocycles. The molecule has 0 saturated carbocycles. The van der Waals surface area contributed by atoms with Crippen LogP contribution >= 0.6 is 11.6 Å². The first kappa shape index (κ1) is 18.8. The molecular weight excluding hydrogens is 378 g/mol. The number of hydrogen-bond donors (Lipinski definition) is 0. The summed E-state index contributed by atoms with van der Waals surface area (Å²) in [5.41, 5.74) is 0.644. The van der Waals surface area contributed by atoms with Gasteiger partial charge in [0, 0.05) is 26.3 Å². The van der Waals surface area contributed by atoms with Gasteiger partial charge in [-0.25, -0.2) is 8.42 Å². The van der Waals surface area contributed by atoms with Gasteiger partial charge in [-0.2, -0.15) is 0 Å². The molecule has 7 nitrogen and oxygen atoms in total. The van der Waals surface area contributed by atoms with Gasteiger partial charge < -0.3 is 14.2 Å². The van der Waals surface area contributed by atoms with Crippen LogP contribution in [0.1, 0.15) is 11.5 Å². The Morgan fingerprint density at radius 3 is 2.65 bits per heavy atom. The second kappa shape index (κ2) is 7.69. The van der Waals surface area contributed by atoms with Crippen molar-refractivity contribution in [1.82, 2.24) is 10.1 Å². The lowest BCUT2D eigenvalue weighted by molar-refractivity contribution is 0.0597. The Kier molecular flexibility index (Phi) is 5.55. The zero-order chi connectivity index (χ0) is 18.7. The van der Waals surface area contributed by atoms with Crippen LogP contribution in [0, 0.1) is 6.92 Å². The van der Waals surface area contributed by atoms with Gasteiger partial charge in [-0.15, -0.1) is 0 Å². The summed E-state index contributed by atoms with van der Waals surface area (Å²) in [4.78, 5) is 2.08. The first-order valence-electron chi connectivity index (χ1n) is 8.11. The highest BCUT2D eigenvalue weighted by Crippen LogP contribution is 2.31. The topological polar surface area (TPSA) is 75.9 Å². The van der Waals surface area contributed by atoms with Crippen LogP contribution in [-0.4, -0.2) is 51.8 Å². The molecule has 1 aromatic carbocycles. The number of anilines is 1. The van der Waals surface area contributed by atoms with Gasteiger partial charge in [-0.05, 0) is 25.1 Å². The van der Waals surface area contributed by atoms with Gasteiger partial charge in [0.15, 0.2) is 10.7 Å². The molecule has 0 bridgehead atoms. The van der Waals surface area contributed by atoms with Gasteiger partial charge in [0.1, 0.15) is 5.69 Å². The molecule has 0 amide bonds. The molecule has 1 saturated heterocycles. The van der Waals surface area contributed by atoms with Crippen molar-refractivity contribution in [3.8, 4) is 0 Å². The SMILES string of the molecule is Cc1onc(/C=C/N2CCOCC2)c1S(=O)(=O)N(C)c1ccccc1Cl. The summed E-state index contributed by atoms with van der Waals surface area (Å²) in [6.07, 6.45) is 3.46. The monoisotopic (exact) mass is 397 g/mol. The molecule has 1 aromatic heterocycles. The van der Waals surface area contributed by atoms with E-state index in [1.54, 1.807) is 37.3 Å². The largest absolute Gasteiger partial charge is 0.378 e. The minimum Gasteiger partial charge on any atom is -0.378 e. The molecule has 26 heavy (non-hydrogen) atoms. The lowest BCUT2D eigenvalue weighted by Gasteiger charge is -2.25. The number of aryl methyl sites for hydroxylation is 1. The van der Waals surface area contributed by atoms with E-state index in [1.807, 2.05) is 11.1 Å². The number of hydrogen-bond acceptors (Lipinski definition) is 6. The Morgan fingerprint density at radius 1 is 1.27 bits per heavy atom. The average Bonchev–Trinajstić information content (AvgIpc) is 3.02. The molecule has 2 aromatic rings. The molecule has 0 unspecified atom stereocenters. The second-order valence-corrected chi connectivity index (χ2v) is 8.15. The van der Waals surface area contributed by atoms with Crippen LogP contribution in [0.4, 0.5) is 5.69 Å². The van der Waals surface area contributed by atoms with Crippen molar-refractivity contribution in [3.05, 3.63) is 46.9 Å². The third-order valence-corrected chi connectivity index (χ3v) is 6.38. The van der Waals surface area contributed by atoms with E-state index in [1.165, 1.54) is 7.05 Å². The lowest BCUT2D eigenvalue weighted by atomic mass is 10.3. The van der Waals surface area contributed by atoms with Gasteiger partial charge >= 0.3 is 0 Å². The molecule has 0 aliphatic carbocycles. The van der Waals surface area contributed by atoms with E-state index >= 15 is 0 Å². The first-order valence-corrected chi connectivity index (χ1v) is 9.93. The molecule has 0 atom stereocenters. The fourth-order valence-corrected chi connectivity index (χ4v) is 4.45. The molecule has 0 N–H and O–H groups in total. The number of rotatable bonds is 5. The Morgan fingerprint density at radius 2 is 1.96 bits per heavy atom. The van der Waals surface area contributed by atoms with Crippen LogP contribution in [0.3, 0.4) is 0 Å². The number of sulfonamides is 1. The van der Waals surface area contributed by atoms with Crippen molar-refractivity contribution in [1.29, 1.82) is 0 Å². The highest BCUT2D eigenvalue weighted by molar-refractivity contribution is 7.93. The highest BCUT2D eigenvalue weighted by atomic mass is 35.5. The van der Waals surface area contributed by atoms with Gasteiger partial charge in [-0.3, -0.25) is 4.31 Å². The molecule has 2 heterocycles. The van der Waals surface area contributed by atoms with Crippen LogP contribution in [0.5, 0.6) is 0 Å². The predicted octanol–water partition coefficient (Wildman–Crippen LogP) is 2.76. The zero-order valence-corrected chi connectivity index (χ0v) is 16.1. The minimum absolute atomic E-state index is 0.0319. The van der Waals surface area contributed by atoms with Crippen molar-refractivity contribution in [2.75, 3.05) is 37.7 Å². The van der Waals surface area contributed by atoms with Gasteiger partial charge in [0.05, 0.1) is 23.9 Å². The first-order chi connectivity index (χ1) is 12.4. The maximum absolute atomic E-state index is 13.1. The van der Waals surface area contributed by atoms with Gasteiger partial charge in [-0.1, -0.05) is 28.9 Å². The predicted molar refractivity (Wildman–Crippen MR) is 99.7 cm³/mol. The molecule has 1 aliphatic rings. The number of benzene rings is 1. The number of ether oxygens (including phenoxy) is 1. The van der Waals surface area contributed by atoms with E-state index in [0.717, 1.165) is 17.4 Å². The summed E-state index contributed by atoms with van der Waals surface area (Å²) >= 11 is 6.15. The van der Waals surface area contributed by atoms with Crippen molar-refractivity contribution in [3.63, 3.8) is 0 Å². The van der Waals surface area contributed by atoms with Crippen LogP contribution < -0.4 is 4.31 Å². The van der Waals surface area contributed by atoms with Gasteiger partial charge in [0.2, 0.25) is 0 Å². The number of morpholine rings is 1. The Labute approximate surface area is 157 Å². The third-order valence-electron chi connectivity index (χ3n) is 4.13. The molecule has 9 heteroatoms. The fraction of sp³-hybridized carbons (Fsp3) is 0.353. The average molecular weight is 398 g/mol. The van der Waals surface area contributed by atoms with Crippen molar-refractivity contribution in [2.24, 2.45) is 0 Å². The van der Waals surface area contributed by atoms with Gasteiger partial charge in [0.25, 0.3) is 10.0 Å². The Balaban J connectivity index is 1.94. The standard InChI is InChI=1S/C17H20ClN3O4S/c1-13-17(15(19-25-13)7-8-21-9-11-24-12-10-21)26(22,23)20(2)16-6-4-3-5-14(16)18/h3-8H,9-12H2,1-2H3/b8-7+. The number of aromatic nitrogens is 1. The summed E-state index contributed by atoms with van der Waals surface area (Å²) in [5, 5.41) is 4.25. The summed E-state index contributed by atoms with van der Waals surface area (Å²) in [6.45, 7) is 4.35. The Hall–Kier alpha value is -2.03. The Bertz CT molecular complexity index is 904. The lowest BCUT2D eigenvalue weighted by Crippen LogP contribution is -2.32. The summed E-state index contributed by atoms with van der Waals surface area (Å²) in [6, 6.07) is 6.76.